The summed E-state index contributed by atoms with van der Waals surface area (Å²) in [4.78, 5) is 14.8. The van der Waals surface area contributed by atoms with Crippen LogP contribution in [-0.4, -0.2) is 43.7 Å². The first kappa shape index (κ1) is 20.6. The van der Waals surface area contributed by atoms with E-state index in [0.717, 1.165) is 37.1 Å². The topological polar surface area (TPSA) is 57.7 Å². The number of benzene rings is 2. The van der Waals surface area contributed by atoms with Crippen LogP contribution in [0.1, 0.15) is 41.3 Å². The Labute approximate surface area is 168 Å². The molecule has 1 heterocycles. The summed E-state index contributed by atoms with van der Waals surface area (Å²) in [6.07, 6.45) is 2.09. The molecule has 0 saturated carbocycles. The van der Waals surface area contributed by atoms with E-state index in [-0.39, 0.29) is 17.3 Å². The van der Waals surface area contributed by atoms with Crippen molar-refractivity contribution in [2.45, 2.75) is 38.1 Å². The molecule has 6 heteroatoms. The third-order valence-electron chi connectivity index (χ3n) is 5.41. The van der Waals surface area contributed by atoms with Crippen molar-refractivity contribution >= 4 is 15.9 Å². The van der Waals surface area contributed by atoms with E-state index in [2.05, 4.69) is 6.92 Å². The molecule has 0 bridgehead atoms. The Morgan fingerprint density at radius 2 is 1.61 bits per heavy atom. The fourth-order valence-electron chi connectivity index (χ4n) is 3.38. The van der Waals surface area contributed by atoms with E-state index in [1.807, 2.05) is 24.0 Å². The van der Waals surface area contributed by atoms with E-state index < -0.39 is 10.0 Å². The number of rotatable bonds is 5. The van der Waals surface area contributed by atoms with Gasteiger partial charge in [0.25, 0.3) is 5.91 Å². The zero-order chi connectivity index (χ0) is 20.3. The lowest BCUT2D eigenvalue weighted by Gasteiger charge is -2.30. The highest BCUT2D eigenvalue weighted by Crippen LogP contribution is 2.20. The molecule has 5 nitrogen and oxygen atoms in total. The molecule has 150 valence electrons. The molecular formula is C22H28N2O3S. The minimum absolute atomic E-state index is 0.0547. The van der Waals surface area contributed by atoms with E-state index in [1.54, 1.807) is 43.4 Å². The molecule has 1 saturated heterocycles. The molecule has 0 radical (unpaired) electrons. The first-order valence-corrected chi connectivity index (χ1v) is 11.1. The van der Waals surface area contributed by atoms with Gasteiger partial charge in [0.1, 0.15) is 0 Å². The number of nitrogens with zero attached hydrogens (tertiary/aromatic N) is 2. The van der Waals surface area contributed by atoms with Gasteiger partial charge in [-0.3, -0.25) is 4.79 Å². The lowest BCUT2D eigenvalue weighted by molar-refractivity contribution is 0.0697. The highest BCUT2D eigenvalue weighted by molar-refractivity contribution is 7.89. The average Bonchev–Trinajstić information content (AvgIpc) is 2.69. The zero-order valence-corrected chi connectivity index (χ0v) is 17.6. The molecule has 0 atom stereocenters. The lowest BCUT2D eigenvalue weighted by Crippen LogP contribution is -2.37. The minimum atomic E-state index is -3.54. The number of hydrogen-bond donors (Lipinski definition) is 0. The van der Waals surface area contributed by atoms with Gasteiger partial charge in [-0.1, -0.05) is 36.8 Å². The average molecular weight is 401 g/mol. The van der Waals surface area contributed by atoms with E-state index >= 15 is 0 Å². The zero-order valence-electron chi connectivity index (χ0n) is 16.8. The maximum Gasteiger partial charge on any atom is 0.253 e. The number of carbonyl (C=O) groups is 1. The van der Waals surface area contributed by atoms with Crippen LogP contribution in [0.15, 0.2) is 53.4 Å². The van der Waals surface area contributed by atoms with E-state index in [0.29, 0.717) is 11.5 Å². The van der Waals surface area contributed by atoms with Crippen molar-refractivity contribution in [1.29, 1.82) is 0 Å². The van der Waals surface area contributed by atoms with Gasteiger partial charge in [-0.15, -0.1) is 0 Å². The molecule has 0 unspecified atom stereocenters. The third-order valence-corrected chi connectivity index (χ3v) is 7.22. The van der Waals surface area contributed by atoms with Gasteiger partial charge in [-0.25, -0.2) is 8.42 Å². The van der Waals surface area contributed by atoms with E-state index in [9.17, 15) is 13.2 Å². The SMILES string of the molecule is Cc1ccc(S(=O)(=O)N(C)Cc2ccc(C(=O)N3CCC(C)CC3)cc2)cc1. The van der Waals surface area contributed by atoms with Gasteiger partial charge >= 0.3 is 0 Å². The van der Waals surface area contributed by atoms with Gasteiger partial charge < -0.3 is 4.90 Å². The van der Waals surface area contributed by atoms with Gasteiger partial charge in [0.15, 0.2) is 0 Å². The van der Waals surface area contributed by atoms with Gasteiger partial charge in [0.2, 0.25) is 10.0 Å². The summed E-state index contributed by atoms with van der Waals surface area (Å²) in [7, 11) is -1.97. The molecule has 1 amide bonds. The standard InChI is InChI=1S/C22H28N2O3S/c1-17-4-10-21(11-5-17)28(26,27)23(3)16-19-6-8-20(9-7-19)22(25)24-14-12-18(2)13-15-24/h4-11,18H,12-16H2,1-3H3. The number of amides is 1. The Bertz CT molecular complexity index is 913. The summed E-state index contributed by atoms with van der Waals surface area (Å²) < 4.78 is 26.8. The lowest BCUT2D eigenvalue weighted by atomic mass is 9.98. The van der Waals surface area contributed by atoms with Crippen LogP contribution in [-0.2, 0) is 16.6 Å². The Balaban J connectivity index is 1.66. The summed E-state index contributed by atoms with van der Waals surface area (Å²) in [5.74, 6) is 0.733. The summed E-state index contributed by atoms with van der Waals surface area (Å²) in [6, 6.07) is 14.1. The van der Waals surface area contributed by atoms with Crippen LogP contribution < -0.4 is 0 Å². The number of aryl methyl sites for hydroxylation is 1. The van der Waals surface area contributed by atoms with Crippen molar-refractivity contribution in [3.05, 3.63) is 65.2 Å². The normalized spacial score (nSPS) is 15.8. The van der Waals surface area contributed by atoms with Crippen molar-refractivity contribution in [3.63, 3.8) is 0 Å². The molecule has 1 aliphatic rings. The molecule has 0 aliphatic carbocycles. The Morgan fingerprint density at radius 1 is 1.04 bits per heavy atom. The van der Waals surface area contributed by atoms with Crippen LogP contribution in [0.4, 0.5) is 0 Å². The van der Waals surface area contributed by atoms with Crippen LogP contribution in [0.25, 0.3) is 0 Å². The predicted octanol–water partition coefficient (Wildman–Crippen LogP) is 3.69. The number of piperidine rings is 1. The molecule has 3 rings (SSSR count). The second-order valence-corrected chi connectivity index (χ2v) is 9.79. The number of carbonyl (C=O) groups excluding carboxylic acids is 1. The number of likely N-dealkylation sites (tertiary alicyclic amines) is 1. The monoisotopic (exact) mass is 400 g/mol. The van der Waals surface area contributed by atoms with Gasteiger partial charge in [0.05, 0.1) is 4.90 Å². The van der Waals surface area contributed by atoms with Crippen molar-refractivity contribution in [2.75, 3.05) is 20.1 Å². The van der Waals surface area contributed by atoms with Gasteiger partial charge in [-0.05, 0) is 55.5 Å². The molecule has 0 aromatic heterocycles. The van der Waals surface area contributed by atoms with Gasteiger partial charge in [-0.2, -0.15) is 4.31 Å². The second-order valence-electron chi connectivity index (χ2n) is 7.75. The quantitative estimate of drug-likeness (QED) is 0.769. The van der Waals surface area contributed by atoms with Crippen molar-refractivity contribution in [2.24, 2.45) is 5.92 Å². The highest BCUT2D eigenvalue weighted by Gasteiger charge is 2.23. The maximum absolute atomic E-state index is 12.7. The molecule has 0 spiro atoms. The smallest absolute Gasteiger partial charge is 0.253 e. The fraction of sp³-hybridized carbons (Fsp3) is 0.409. The summed E-state index contributed by atoms with van der Waals surface area (Å²) in [6.45, 7) is 6.01. The first-order valence-electron chi connectivity index (χ1n) is 9.68. The number of sulfonamides is 1. The number of hydrogen-bond acceptors (Lipinski definition) is 3. The predicted molar refractivity (Wildman–Crippen MR) is 111 cm³/mol. The van der Waals surface area contributed by atoms with E-state index in [1.165, 1.54) is 4.31 Å². The summed E-state index contributed by atoms with van der Waals surface area (Å²) in [5, 5.41) is 0. The summed E-state index contributed by atoms with van der Waals surface area (Å²) in [5.41, 5.74) is 2.52. The van der Waals surface area contributed by atoms with Crippen LogP contribution in [0, 0.1) is 12.8 Å². The molecule has 0 N–H and O–H groups in total. The van der Waals surface area contributed by atoms with Gasteiger partial charge in [0, 0.05) is 32.2 Å². The molecule has 28 heavy (non-hydrogen) atoms. The fourth-order valence-corrected chi connectivity index (χ4v) is 4.54. The molecular weight excluding hydrogens is 372 g/mol. The van der Waals surface area contributed by atoms with Crippen molar-refractivity contribution in [3.8, 4) is 0 Å². The van der Waals surface area contributed by atoms with Crippen molar-refractivity contribution < 1.29 is 13.2 Å². The Hall–Kier alpha value is -2.18. The molecule has 1 aliphatic heterocycles. The highest BCUT2D eigenvalue weighted by atomic mass is 32.2. The summed E-state index contributed by atoms with van der Waals surface area (Å²) >= 11 is 0. The third kappa shape index (κ3) is 4.62. The van der Waals surface area contributed by atoms with Crippen LogP contribution in [0.5, 0.6) is 0 Å². The molecule has 2 aromatic carbocycles. The molecule has 2 aromatic rings. The van der Waals surface area contributed by atoms with Crippen LogP contribution >= 0.6 is 0 Å². The van der Waals surface area contributed by atoms with Crippen molar-refractivity contribution in [1.82, 2.24) is 9.21 Å². The Morgan fingerprint density at radius 3 is 2.18 bits per heavy atom. The first-order chi connectivity index (χ1) is 13.3. The maximum atomic E-state index is 12.7. The second kappa shape index (κ2) is 8.45. The van der Waals surface area contributed by atoms with Crippen LogP contribution in [0.3, 0.4) is 0 Å². The van der Waals surface area contributed by atoms with E-state index in [4.69, 9.17) is 0 Å². The minimum Gasteiger partial charge on any atom is -0.339 e. The largest absolute Gasteiger partial charge is 0.339 e. The van der Waals surface area contributed by atoms with Crippen LogP contribution in [0.2, 0.25) is 0 Å². The molecule has 1 fully saturated rings. The Kier molecular flexibility index (Phi) is 6.20.